The Morgan fingerprint density at radius 3 is 2.94 bits per heavy atom. The second-order valence-corrected chi connectivity index (χ2v) is 5.06. The van der Waals surface area contributed by atoms with Crippen LogP contribution in [-0.4, -0.2) is 21.4 Å². The number of nitrogens with zero attached hydrogens (tertiary/aromatic N) is 2. The molecule has 0 bridgehead atoms. The first-order valence-corrected chi connectivity index (χ1v) is 6.57. The maximum atomic E-state index is 10.0. The third-order valence-electron chi connectivity index (χ3n) is 2.80. The van der Waals surface area contributed by atoms with E-state index >= 15 is 0 Å². The molecule has 0 fully saturated rings. The average Bonchev–Trinajstić information content (AvgIpc) is 2.75. The highest BCUT2D eigenvalue weighted by Gasteiger charge is 2.07. The van der Waals surface area contributed by atoms with Crippen molar-refractivity contribution in [3.05, 3.63) is 52.3 Å². The molecule has 0 saturated carbocycles. The first-order chi connectivity index (χ1) is 8.66. The zero-order chi connectivity index (χ0) is 13.0. The van der Waals surface area contributed by atoms with E-state index in [2.05, 4.69) is 26.3 Å². The van der Waals surface area contributed by atoms with Crippen molar-refractivity contribution in [3.8, 4) is 0 Å². The number of hydrogen-bond acceptors (Lipinski definition) is 3. The Balaban J connectivity index is 1.85. The van der Waals surface area contributed by atoms with E-state index in [1.54, 1.807) is 6.20 Å². The summed E-state index contributed by atoms with van der Waals surface area (Å²) in [6.07, 6.45) is 1.26. The van der Waals surface area contributed by atoms with E-state index < -0.39 is 6.10 Å². The fraction of sp³-hybridized carbons (Fsp3) is 0.308. The summed E-state index contributed by atoms with van der Waals surface area (Å²) in [7, 11) is 1.90. The second kappa shape index (κ2) is 6.13. The number of aliphatic hydroxyl groups excluding tert-OH is 1. The van der Waals surface area contributed by atoms with Gasteiger partial charge >= 0.3 is 0 Å². The maximum Gasteiger partial charge on any atom is 0.0914 e. The number of aryl methyl sites for hydroxylation is 1. The molecule has 2 rings (SSSR count). The quantitative estimate of drug-likeness (QED) is 0.888. The molecule has 1 atom stereocenters. The van der Waals surface area contributed by atoms with Crippen LogP contribution in [0.15, 0.2) is 41.0 Å². The lowest BCUT2D eigenvalue weighted by Crippen LogP contribution is -2.22. The Kier molecular flexibility index (Phi) is 4.52. The predicted molar refractivity (Wildman–Crippen MR) is 74.0 cm³/mol. The van der Waals surface area contributed by atoms with Gasteiger partial charge in [0.05, 0.1) is 11.8 Å². The molecule has 1 aromatic heterocycles. The average molecular weight is 310 g/mol. The topological polar surface area (TPSA) is 50.1 Å². The van der Waals surface area contributed by atoms with Crippen molar-refractivity contribution in [1.29, 1.82) is 0 Å². The van der Waals surface area contributed by atoms with Crippen molar-refractivity contribution in [2.24, 2.45) is 7.05 Å². The lowest BCUT2D eigenvalue weighted by Gasteiger charge is -2.12. The van der Waals surface area contributed by atoms with Crippen molar-refractivity contribution in [3.63, 3.8) is 0 Å². The highest BCUT2D eigenvalue weighted by Crippen LogP contribution is 2.17. The Hall–Kier alpha value is -1.17. The molecular formula is C13H16BrN3O. The minimum absolute atomic E-state index is 0.504. The lowest BCUT2D eigenvalue weighted by molar-refractivity contribution is 0.174. The van der Waals surface area contributed by atoms with Crippen LogP contribution in [0.25, 0.3) is 0 Å². The fourth-order valence-electron chi connectivity index (χ4n) is 1.74. The summed E-state index contributed by atoms with van der Waals surface area (Å²) < 4.78 is 2.80. The molecule has 96 valence electrons. The summed E-state index contributed by atoms with van der Waals surface area (Å²) in [6.45, 7) is 1.21. The zero-order valence-corrected chi connectivity index (χ0v) is 11.8. The van der Waals surface area contributed by atoms with Gasteiger partial charge in [0.25, 0.3) is 0 Å². The van der Waals surface area contributed by atoms with Crippen LogP contribution in [0.1, 0.15) is 17.4 Å². The van der Waals surface area contributed by atoms with E-state index in [0.717, 1.165) is 15.7 Å². The smallest absolute Gasteiger partial charge is 0.0914 e. The standard InChI is InChI=1S/C13H16BrN3O/c1-17-12(5-6-16-17)8-15-9-13(18)10-3-2-4-11(14)7-10/h2-7,13,15,18H,8-9H2,1H3. The number of halogens is 1. The van der Waals surface area contributed by atoms with Crippen LogP contribution < -0.4 is 5.32 Å². The van der Waals surface area contributed by atoms with E-state index in [-0.39, 0.29) is 0 Å². The van der Waals surface area contributed by atoms with E-state index in [0.29, 0.717) is 13.1 Å². The molecule has 1 heterocycles. The first-order valence-electron chi connectivity index (χ1n) is 5.78. The maximum absolute atomic E-state index is 10.0. The van der Waals surface area contributed by atoms with E-state index in [1.807, 2.05) is 42.1 Å². The lowest BCUT2D eigenvalue weighted by atomic mass is 10.1. The molecule has 0 spiro atoms. The van der Waals surface area contributed by atoms with Crippen LogP contribution in [0.2, 0.25) is 0 Å². The first kappa shape index (κ1) is 13.3. The van der Waals surface area contributed by atoms with Gasteiger partial charge in [-0.2, -0.15) is 5.10 Å². The van der Waals surface area contributed by atoms with Gasteiger partial charge < -0.3 is 10.4 Å². The van der Waals surface area contributed by atoms with Gasteiger partial charge in [0.1, 0.15) is 0 Å². The summed E-state index contributed by atoms with van der Waals surface area (Å²) in [5.41, 5.74) is 2.00. The van der Waals surface area contributed by atoms with E-state index in [1.165, 1.54) is 0 Å². The number of aliphatic hydroxyl groups is 1. The van der Waals surface area contributed by atoms with Gasteiger partial charge in [0, 0.05) is 30.8 Å². The molecule has 0 saturated heterocycles. The molecule has 0 aliphatic carbocycles. The third kappa shape index (κ3) is 3.41. The monoisotopic (exact) mass is 309 g/mol. The summed E-state index contributed by atoms with van der Waals surface area (Å²) in [4.78, 5) is 0. The van der Waals surface area contributed by atoms with E-state index in [4.69, 9.17) is 0 Å². The van der Waals surface area contributed by atoms with Gasteiger partial charge in [0.15, 0.2) is 0 Å². The molecule has 0 aliphatic heterocycles. The molecule has 0 amide bonds. The Bertz CT molecular complexity index is 512. The normalized spacial score (nSPS) is 12.6. The van der Waals surface area contributed by atoms with Gasteiger partial charge in [-0.15, -0.1) is 0 Å². The Labute approximate surface area is 115 Å². The molecule has 5 heteroatoms. The fourth-order valence-corrected chi connectivity index (χ4v) is 2.16. The summed E-state index contributed by atoms with van der Waals surface area (Å²) in [5.74, 6) is 0. The van der Waals surface area contributed by atoms with Gasteiger partial charge in [0.2, 0.25) is 0 Å². The van der Waals surface area contributed by atoms with Crippen LogP contribution in [0.4, 0.5) is 0 Å². The Morgan fingerprint density at radius 1 is 1.44 bits per heavy atom. The SMILES string of the molecule is Cn1nccc1CNCC(O)c1cccc(Br)c1. The molecule has 2 aromatic rings. The van der Waals surface area contributed by atoms with Crippen LogP contribution in [0.3, 0.4) is 0 Å². The van der Waals surface area contributed by atoms with Gasteiger partial charge in [-0.05, 0) is 23.8 Å². The molecule has 1 aromatic carbocycles. The van der Waals surface area contributed by atoms with Crippen molar-refractivity contribution in [1.82, 2.24) is 15.1 Å². The van der Waals surface area contributed by atoms with Gasteiger partial charge in [-0.25, -0.2) is 0 Å². The van der Waals surface area contributed by atoms with Crippen LogP contribution in [0, 0.1) is 0 Å². The molecule has 0 aliphatic rings. The van der Waals surface area contributed by atoms with Crippen molar-refractivity contribution in [2.45, 2.75) is 12.6 Å². The van der Waals surface area contributed by atoms with Gasteiger partial charge in [-0.1, -0.05) is 28.1 Å². The van der Waals surface area contributed by atoms with E-state index in [9.17, 15) is 5.11 Å². The largest absolute Gasteiger partial charge is 0.387 e. The van der Waals surface area contributed by atoms with Crippen molar-refractivity contribution < 1.29 is 5.11 Å². The predicted octanol–water partition coefficient (Wildman–Crippen LogP) is 2.01. The molecule has 4 nitrogen and oxygen atoms in total. The minimum atomic E-state index is -0.504. The number of aromatic nitrogens is 2. The van der Waals surface area contributed by atoms with Gasteiger partial charge in [-0.3, -0.25) is 4.68 Å². The molecule has 2 N–H and O–H groups in total. The molecular weight excluding hydrogens is 294 g/mol. The molecule has 18 heavy (non-hydrogen) atoms. The number of hydrogen-bond donors (Lipinski definition) is 2. The highest BCUT2D eigenvalue weighted by molar-refractivity contribution is 9.10. The number of benzene rings is 1. The number of rotatable bonds is 5. The molecule has 0 radical (unpaired) electrons. The summed E-state index contributed by atoms with van der Waals surface area (Å²) in [6, 6.07) is 9.67. The second-order valence-electron chi connectivity index (χ2n) is 4.15. The Morgan fingerprint density at radius 2 is 2.28 bits per heavy atom. The zero-order valence-electron chi connectivity index (χ0n) is 10.2. The summed E-state index contributed by atoms with van der Waals surface area (Å²) >= 11 is 3.40. The van der Waals surface area contributed by atoms with Crippen LogP contribution in [0.5, 0.6) is 0 Å². The van der Waals surface area contributed by atoms with Crippen molar-refractivity contribution in [2.75, 3.05) is 6.54 Å². The van der Waals surface area contributed by atoms with Crippen LogP contribution in [-0.2, 0) is 13.6 Å². The van der Waals surface area contributed by atoms with Crippen molar-refractivity contribution >= 4 is 15.9 Å². The number of nitrogens with one attached hydrogen (secondary N) is 1. The third-order valence-corrected chi connectivity index (χ3v) is 3.29. The molecule has 1 unspecified atom stereocenters. The minimum Gasteiger partial charge on any atom is -0.387 e. The highest BCUT2D eigenvalue weighted by atomic mass is 79.9. The van der Waals surface area contributed by atoms with Crippen LogP contribution >= 0.6 is 15.9 Å². The summed E-state index contributed by atoms with van der Waals surface area (Å²) in [5, 5.41) is 17.3.